The minimum absolute atomic E-state index is 0.0493. The molecule has 174 valence electrons. The minimum Gasteiger partial charge on any atom is -0.379 e. The van der Waals surface area contributed by atoms with Gasteiger partial charge in [0.1, 0.15) is 0 Å². The van der Waals surface area contributed by atoms with Crippen LogP contribution in [-0.2, 0) is 9.47 Å². The fraction of sp³-hybridized carbons (Fsp3) is 0.417. The van der Waals surface area contributed by atoms with Crippen LogP contribution in [0.3, 0.4) is 0 Å². The van der Waals surface area contributed by atoms with Crippen molar-refractivity contribution < 1.29 is 14.3 Å². The Labute approximate surface area is 197 Å². The van der Waals surface area contributed by atoms with Gasteiger partial charge < -0.3 is 25.0 Å². The number of rotatable bonds is 7. The molecule has 2 N–H and O–H groups in total. The summed E-state index contributed by atoms with van der Waals surface area (Å²) in [7, 11) is 0. The van der Waals surface area contributed by atoms with Crippen molar-refractivity contribution in [3.8, 4) is 0 Å². The zero-order chi connectivity index (χ0) is 22.5. The molecule has 0 atom stereocenters. The molecule has 33 heavy (non-hydrogen) atoms. The zero-order valence-corrected chi connectivity index (χ0v) is 19.4. The van der Waals surface area contributed by atoms with Crippen LogP contribution in [0, 0.1) is 0 Å². The maximum absolute atomic E-state index is 12.6. The summed E-state index contributed by atoms with van der Waals surface area (Å²) in [5, 5.41) is 7.23. The van der Waals surface area contributed by atoms with Gasteiger partial charge in [0.2, 0.25) is 0 Å². The van der Waals surface area contributed by atoms with Crippen LogP contribution >= 0.6 is 11.3 Å². The lowest BCUT2D eigenvalue weighted by atomic mass is 10.2. The van der Waals surface area contributed by atoms with Gasteiger partial charge in [-0.25, -0.2) is 4.98 Å². The number of ether oxygens (including phenoxy) is 2. The van der Waals surface area contributed by atoms with Gasteiger partial charge in [-0.05, 0) is 42.5 Å². The van der Waals surface area contributed by atoms with Crippen LogP contribution in [0.15, 0.2) is 42.5 Å². The first-order valence-corrected chi connectivity index (χ1v) is 12.2. The van der Waals surface area contributed by atoms with Crippen molar-refractivity contribution in [2.75, 3.05) is 75.9 Å². The van der Waals surface area contributed by atoms with Crippen molar-refractivity contribution in [1.82, 2.24) is 15.2 Å². The first-order chi connectivity index (χ1) is 16.2. The molecule has 3 aromatic rings. The number of thiazole rings is 1. The van der Waals surface area contributed by atoms with E-state index in [0.717, 1.165) is 80.2 Å². The normalized spacial score (nSPS) is 17.3. The number of aromatic nitrogens is 1. The number of morpholine rings is 2. The van der Waals surface area contributed by atoms with Crippen molar-refractivity contribution >= 4 is 44.0 Å². The van der Waals surface area contributed by atoms with Crippen LogP contribution in [0.5, 0.6) is 0 Å². The Morgan fingerprint density at radius 1 is 0.970 bits per heavy atom. The molecule has 5 rings (SSSR count). The van der Waals surface area contributed by atoms with Gasteiger partial charge in [0, 0.05) is 56.2 Å². The third-order valence-electron chi connectivity index (χ3n) is 5.96. The minimum atomic E-state index is -0.0493. The van der Waals surface area contributed by atoms with Crippen molar-refractivity contribution in [2.24, 2.45) is 0 Å². The number of hydrogen-bond donors (Lipinski definition) is 2. The monoisotopic (exact) mass is 467 g/mol. The van der Waals surface area contributed by atoms with E-state index in [1.807, 2.05) is 18.2 Å². The SMILES string of the molecule is O=C(NCCN1CCOCC1)c1ccc2nc(Nc3ccc(N4CCOCC4)cc3)sc2c1. The molecule has 2 saturated heterocycles. The molecule has 2 fully saturated rings. The molecule has 0 aliphatic carbocycles. The molecule has 0 radical (unpaired) electrons. The quantitative estimate of drug-likeness (QED) is 0.553. The third-order valence-corrected chi connectivity index (χ3v) is 6.90. The van der Waals surface area contributed by atoms with Crippen LogP contribution in [0.25, 0.3) is 10.2 Å². The second kappa shape index (κ2) is 10.5. The Morgan fingerprint density at radius 2 is 1.70 bits per heavy atom. The number of carbonyl (C=O) groups excluding carboxylic acids is 1. The summed E-state index contributed by atoms with van der Waals surface area (Å²) in [6.07, 6.45) is 0. The van der Waals surface area contributed by atoms with E-state index in [1.54, 1.807) is 11.3 Å². The highest BCUT2D eigenvalue weighted by atomic mass is 32.1. The standard InChI is InChI=1S/C24H29N5O3S/c30-23(25-7-8-28-9-13-31-14-10-28)18-1-6-21-22(17-18)33-24(27-21)26-19-2-4-20(5-3-19)29-11-15-32-16-12-29/h1-6,17H,7-16H2,(H,25,30)(H,26,27). The van der Waals surface area contributed by atoms with Crippen LogP contribution in [0.2, 0.25) is 0 Å². The van der Waals surface area contributed by atoms with E-state index >= 15 is 0 Å². The molecule has 0 spiro atoms. The number of benzene rings is 2. The molecule has 2 aromatic carbocycles. The summed E-state index contributed by atoms with van der Waals surface area (Å²) in [5.41, 5.74) is 3.75. The average molecular weight is 468 g/mol. The maximum Gasteiger partial charge on any atom is 0.251 e. The number of fused-ring (bicyclic) bond motifs is 1. The Kier molecular flexibility index (Phi) is 7.01. The smallest absolute Gasteiger partial charge is 0.251 e. The maximum atomic E-state index is 12.6. The largest absolute Gasteiger partial charge is 0.379 e. The molecule has 0 bridgehead atoms. The van der Waals surface area contributed by atoms with Gasteiger partial charge in [0.25, 0.3) is 5.91 Å². The third kappa shape index (κ3) is 5.62. The zero-order valence-electron chi connectivity index (χ0n) is 18.6. The number of hydrogen-bond acceptors (Lipinski definition) is 8. The predicted octanol–water partition coefficient (Wildman–Crippen LogP) is 2.94. The molecule has 1 aromatic heterocycles. The number of carbonyl (C=O) groups is 1. The molecular formula is C24H29N5O3S. The van der Waals surface area contributed by atoms with Gasteiger partial charge in [-0.15, -0.1) is 0 Å². The van der Waals surface area contributed by atoms with E-state index in [-0.39, 0.29) is 5.91 Å². The van der Waals surface area contributed by atoms with Crippen molar-refractivity contribution in [1.29, 1.82) is 0 Å². The van der Waals surface area contributed by atoms with Gasteiger partial charge in [-0.2, -0.15) is 0 Å². The summed E-state index contributed by atoms with van der Waals surface area (Å²) in [4.78, 5) is 21.9. The first kappa shape index (κ1) is 22.1. The second-order valence-corrected chi connectivity index (χ2v) is 9.21. The van der Waals surface area contributed by atoms with Gasteiger partial charge in [-0.1, -0.05) is 11.3 Å². The number of nitrogens with zero attached hydrogens (tertiary/aromatic N) is 3. The van der Waals surface area contributed by atoms with E-state index in [4.69, 9.17) is 9.47 Å². The summed E-state index contributed by atoms with van der Waals surface area (Å²) in [6, 6.07) is 14.1. The molecular weight excluding hydrogens is 438 g/mol. The second-order valence-electron chi connectivity index (χ2n) is 8.18. The lowest BCUT2D eigenvalue weighted by molar-refractivity contribution is 0.0383. The van der Waals surface area contributed by atoms with E-state index in [1.165, 1.54) is 5.69 Å². The summed E-state index contributed by atoms with van der Waals surface area (Å²) < 4.78 is 11.8. The highest BCUT2D eigenvalue weighted by molar-refractivity contribution is 7.22. The molecule has 0 saturated carbocycles. The Balaban J connectivity index is 1.18. The molecule has 0 unspecified atom stereocenters. The average Bonchev–Trinajstić information content (AvgIpc) is 3.27. The van der Waals surface area contributed by atoms with Crippen molar-refractivity contribution in [3.63, 3.8) is 0 Å². The Hall–Kier alpha value is -2.72. The van der Waals surface area contributed by atoms with Crippen molar-refractivity contribution in [3.05, 3.63) is 48.0 Å². The first-order valence-electron chi connectivity index (χ1n) is 11.4. The van der Waals surface area contributed by atoms with E-state index < -0.39 is 0 Å². The Morgan fingerprint density at radius 3 is 2.45 bits per heavy atom. The van der Waals surface area contributed by atoms with Gasteiger partial charge in [0.05, 0.1) is 36.6 Å². The van der Waals surface area contributed by atoms with Crippen LogP contribution in [0.1, 0.15) is 10.4 Å². The number of anilines is 3. The van der Waals surface area contributed by atoms with Crippen molar-refractivity contribution in [2.45, 2.75) is 0 Å². The molecule has 3 heterocycles. The Bertz CT molecular complexity index is 1080. The lowest BCUT2D eigenvalue weighted by Gasteiger charge is -2.28. The molecule has 1 amide bonds. The van der Waals surface area contributed by atoms with E-state index in [0.29, 0.717) is 12.1 Å². The fourth-order valence-corrected chi connectivity index (χ4v) is 5.00. The van der Waals surface area contributed by atoms with Crippen LogP contribution in [0.4, 0.5) is 16.5 Å². The summed E-state index contributed by atoms with van der Waals surface area (Å²) >= 11 is 1.55. The van der Waals surface area contributed by atoms with Gasteiger partial charge in [-0.3, -0.25) is 9.69 Å². The molecule has 2 aliphatic rings. The number of amides is 1. The van der Waals surface area contributed by atoms with Gasteiger partial charge >= 0.3 is 0 Å². The van der Waals surface area contributed by atoms with E-state index in [9.17, 15) is 4.79 Å². The number of nitrogens with one attached hydrogen (secondary N) is 2. The highest BCUT2D eigenvalue weighted by Gasteiger charge is 2.13. The fourth-order valence-electron chi connectivity index (χ4n) is 4.07. The molecule has 9 heteroatoms. The van der Waals surface area contributed by atoms with Crippen LogP contribution in [-0.4, -0.2) is 81.5 Å². The van der Waals surface area contributed by atoms with Gasteiger partial charge in [0.15, 0.2) is 5.13 Å². The van der Waals surface area contributed by atoms with E-state index in [2.05, 4.69) is 49.7 Å². The predicted molar refractivity (Wildman–Crippen MR) is 132 cm³/mol. The lowest BCUT2D eigenvalue weighted by Crippen LogP contribution is -2.41. The topological polar surface area (TPSA) is 79.0 Å². The summed E-state index contributed by atoms with van der Waals surface area (Å²) in [5.74, 6) is -0.0493. The molecule has 2 aliphatic heterocycles. The molecule has 8 nitrogen and oxygen atoms in total. The summed E-state index contributed by atoms with van der Waals surface area (Å²) in [6.45, 7) is 8.27. The highest BCUT2D eigenvalue weighted by Crippen LogP contribution is 2.30. The van der Waals surface area contributed by atoms with Crippen LogP contribution < -0.4 is 15.5 Å².